The lowest BCUT2D eigenvalue weighted by Crippen LogP contribution is -2.19. The van der Waals surface area contributed by atoms with Crippen LogP contribution in [-0.2, 0) is 11.2 Å². The summed E-state index contributed by atoms with van der Waals surface area (Å²) in [4.78, 5) is 28.6. The summed E-state index contributed by atoms with van der Waals surface area (Å²) in [5.41, 5.74) is 4.24. The first-order chi connectivity index (χ1) is 12.5. The van der Waals surface area contributed by atoms with Crippen LogP contribution in [-0.4, -0.2) is 33.5 Å². The monoisotopic (exact) mass is 351 g/mol. The third-order valence-corrected chi connectivity index (χ3v) is 4.13. The molecule has 3 rings (SSSR count). The number of fused-ring (bicyclic) bond motifs is 1. The van der Waals surface area contributed by atoms with Gasteiger partial charge in [-0.05, 0) is 38.0 Å². The Morgan fingerprint density at radius 2 is 1.92 bits per heavy atom. The van der Waals surface area contributed by atoms with Gasteiger partial charge in [0.1, 0.15) is 5.69 Å². The van der Waals surface area contributed by atoms with Crippen LogP contribution in [0, 0.1) is 13.8 Å². The zero-order valence-corrected chi connectivity index (χ0v) is 15.0. The van der Waals surface area contributed by atoms with Gasteiger partial charge in [0, 0.05) is 30.9 Å². The molecule has 2 N–H and O–H groups in total. The van der Waals surface area contributed by atoms with E-state index in [1.165, 1.54) is 0 Å². The molecule has 0 spiro atoms. The van der Waals surface area contributed by atoms with E-state index in [1.54, 1.807) is 17.6 Å². The average Bonchev–Trinajstić information content (AvgIpc) is 3.01. The first kappa shape index (κ1) is 17.6. The molecule has 2 aromatic heterocycles. The van der Waals surface area contributed by atoms with Crippen molar-refractivity contribution in [2.45, 2.75) is 26.7 Å². The Bertz CT molecular complexity index is 977. The van der Waals surface area contributed by atoms with Gasteiger partial charge in [0.25, 0.3) is 5.91 Å². The predicted molar refractivity (Wildman–Crippen MR) is 99.2 cm³/mol. The highest BCUT2D eigenvalue weighted by Crippen LogP contribution is 2.18. The lowest BCUT2D eigenvalue weighted by Gasteiger charge is -2.11. The summed E-state index contributed by atoms with van der Waals surface area (Å²) in [6, 6.07) is 11.0. The van der Waals surface area contributed by atoms with Crippen molar-refractivity contribution in [2.24, 2.45) is 0 Å². The molecule has 7 heteroatoms. The molecular formula is C19H21N5O2. The van der Waals surface area contributed by atoms with Gasteiger partial charge in [-0.15, -0.1) is 0 Å². The molecule has 0 aliphatic heterocycles. The minimum Gasteiger partial charge on any atom is -0.359 e. The standard InChI is InChI=1S/C19H21N5O2/c1-12-10-17-21-16(11-13(2)24(17)23-12)19(26)22-15-7-5-4-6-14(15)8-9-18(25)20-3/h4-7,10-11H,8-9H2,1-3H3,(H,20,25)(H,22,26). The molecule has 0 bridgehead atoms. The number of para-hydroxylation sites is 1. The minimum absolute atomic E-state index is 0.0371. The maximum atomic E-state index is 12.7. The Labute approximate surface area is 151 Å². The summed E-state index contributed by atoms with van der Waals surface area (Å²) in [6.07, 6.45) is 0.908. The number of aryl methyl sites for hydroxylation is 3. The first-order valence-electron chi connectivity index (χ1n) is 8.42. The van der Waals surface area contributed by atoms with Gasteiger partial charge >= 0.3 is 0 Å². The summed E-state index contributed by atoms with van der Waals surface area (Å²) in [5.74, 6) is -0.327. The van der Waals surface area contributed by atoms with Crippen LogP contribution >= 0.6 is 0 Å². The largest absolute Gasteiger partial charge is 0.359 e. The summed E-state index contributed by atoms with van der Waals surface area (Å²) >= 11 is 0. The number of benzene rings is 1. The van der Waals surface area contributed by atoms with Gasteiger partial charge in [-0.2, -0.15) is 5.10 Å². The molecule has 0 atom stereocenters. The fraction of sp³-hybridized carbons (Fsp3) is 0.263. The number of nitrogens with zero attached hydrogens (tertiary/aromatic N) is 3. The number of carbonyl (C=O) groups is 2. The number of nitrogens with one attached hydrogen (secondary N) is 2. The third kappa shape index (κ3) is 3.72. The quantitative estimate of drug-likeness (QED) is 0.738. The molecule has 134 valence electrons. The predicted octanol–water partition coefficient (Wildman–Crippen LogP) is 2.28. The van der Waals surface area contributed by atoms with Crippen molar-refractivity contribution in [2.75, 3.05) is 12.4 Å². The number of hydrogen-bond donors (Lipinski definition) is 2. The van der Waals surface area contributed by atoms with Gasteiger partial charge in [-0.1, -0.05) is 18.2 Å². The van der Waals surface area contributed by atoms with Crippen molar-refractivity contribution in [3.05, 3.63) is 59.0 Å². The molecule has 2 heterocycles. The fourth-order valence-electron chi connectivity index (χ4n) is 2.78. The van der Waals surface area contributed by atoms with Crippen molar-refractivity contribution in [3.8, 4) is 0 Å². The molecule has 26 heavy (non-hydrogen) atoms. The normalized spacial score (nSPS) is 10.7. The number of aromatic nitrogens is 3. The summed E-state index contributed by atoms with van der Waals surface area (Å²) < 4.78 is 1.71. The van der Waals surface area contributed by atoms with Gasteiger partial charge in [0.05, 0.1) is 5.69 Å². The highest BCUT2D eigenvalue weighted by Gasteiger charge is 2.14. The fourth-order valence-corrected chi connectivity index (χ4v) is 2.78. The van der Waals surface area contributed by atoms with E-state index in [0.29, 0.717) is 29.9 Å². The third-order valence-electron chi connectivity index (χ3n) is 4.13. The second-order valence-corrected chi connectivity index (χ2v) is 6.12. The Hall–Kier alpha value is -3.22. The first-order valence-corrected chi connectivity index (χ1v) is 8.42. The van der Waals surface area contributed by atoms with Crippen LogP contribution in [0.3, 0.4) is 0 Å². The van der Waals surface area contributed by atoms with Crippen LogP contribution in [0.4, 0.5) is 5.69 Å². The van der Waals surface area contributed by atoms with Crippen molar-refractivity contribution >= 4 is 23.1 Å². The number of rotatable bonds is 5. The smallest absolute Gasteiger partial charge is 0.274 e. The van der Waals surface area contributed by atoms with Gasteiger partial charge < -0.3 is 10.6 Å². The lowest BCUT2D eigenvalue weighted by molar-refractivity contribution is -0.120. The van der Waals surface area contributed by atoms with Gasteiger partial charge in [-0.25, -0.2) is 9.50 Å². The lowest BCUT2D eigenvalue weighted by atomic mass is 10.1. The SMILES string of the molecule is CNC(=O)CCc1ccccc1NC(=O)c1cc(C)n2nc(C)cc2n1. The van der Waals surface area contributed by atoms with Gasteiger partial charge in [-0.3, -0.25) is 9.59 Å². The van der Waals surface area contributed by atoms with Crippen LogP contribution in [0.25, 0.3) is 5.65 Å². The van der Waals surface area contributed by atoms with E-state index in [-0.39, 0.29) is 11.8 Å². The van der Waals surface area contributed by atoms with E-state index in [9.17, 15) is 9.59 Å². The maximum Gasteiger partial charge on any atom is 0.274 e. The average molecular weight is 351 g/mol. The summed E-state index contributed by atoms with van der Waals surface area (Å²) in [6.45, 7) is 3.77. The number of carbonyl (C=O) groups excluding carboxylic acids is 2. The maximum absolute atomic E-state index is 12.7. The Balaban J connectivity index is 1.83. The van der Waals surface area contributed by atoms with Crippen LogP contribution < -0.4 is 10.6 Å². The minimum atomic E-state index is -0.290. The molecule has 3 aromatic rings. The molecule has 0 saturated heterocycles. The van der Waals surface area contributed by atoms with Crippen molar-refractivity contribution in [1.82, 2.24) is 19.9 Å². The van der Waals surface area contributed by atoms with Gasteiger partial charge in [0.15, 0.2) is 5.65 Å². The highest BCUT2D eigenvalue weighted by molar-refractivity contribution is 6.03. The summed E-state index contributed by atoms with van der Waals surface area (Å²) in [5, 5.41) is 9.85. The van der Waals surface area contributed by atoms with Crippen LogP contribution in [0.2, 0.25) is 0 Å². The van der Waals surface area contributed by atoms with Crippen molar-refractivity contribution < 1.29 is 9.59 Å². The Morgan fingerprint density at radius 3 is 2.69 bits per heavy atom. The van der Waals surface area contributed by atoms with Crippen molar-refractivity contribution in [1.29, 1.82) is 0 Å². The highest BCUT2D eigenvalue weighted by atomic mass is 16.2. The topological polar surface area (TPSA) is 88.4 Å². The van der Waals surface area contributed by atoms with Crippen LogP contribution in [0.5, 0.6) is 0 Å². The Morgan fingerprint density at radius 1 is 1.15 bits per heavy atom. The van der Waals surface area contributed by atoms with E-state index in [4.69, 9.17) is 0 Å². The Kier molecular flexibility index (Phi) is 4.97. The number of hydrogen-bond acceptors (Lipinski definition) is 4. The molecule has 0 saturated carbocycles. The number of anilines is 1. The van der Waals surface area contributed by atoms with E-state index in [0.717, 1.165) is 17.0 Å². The molecule has 7 nitrogen and oxygen atoms in total. The zero-order valence-electron chi connectivity index (χ0n) is 15.0. The number of amides is 2. The molecule has 0 unspecified atom stereocenters. The van der Waals surface area contributed by atoms with Gasteiger partial charge in [0.2, 0.25) is 5.91 Å². The molecule has 1 aromatic carbocycles. The molecule has 0 fully saturated rings. The second kappa shape index (κ2) is 7.35. The van der Waals surface area contributed by atoms with E-state index >= 15 is 0 Å². The molecular weight excluding hydrogens is 330 g/mol. The van der Waals surface area contributed by atoms with Crippen molar-refractivity contribution in [3.63, 3.8) is 0 Å². The molecule has 2 amide bonds. The van der Waals surface area contributed by atoms with E-state index in [2.05, 4.69) is 20.7 Å². The van der Waals surface area contributed by atoms with Crippen LogP contribution in [0.15, 0.2) is 36.4 Å². The van der Waals surface area contributed by atoms with Crippen LogP contribution in [0.1, 0.15) is 33.9 Å². The zero-order chi connectivity index (χ0) is 18.7. The van der Waals surface area contributed by atoms with E-state index in [1.807, 2.05) is 44.2 Å². The summed E-state index contributed by atoms with van der Waals surface area (Å²) in [7, 11) is 1.61. The molecule has 0 aliphatic carbocycles. The molecule has 0 aliphatic rings. The molecule has 0 radical (unpaired) electrons. The van der Waals surface area contributed by atoms with E-state index < -0.39 is 0 Å². The second-order valence-electron chi connectivity index (χ2n) is 6.12.